The average molecular weight is 434 g/mol. The number of carbonyl (C=O) groups excluding carboxylic acids is 1. The summed E-state index contributed by atoms with van der Waals surface area (Å²) in [5.74, 6) is -1.35. The molecule has 1 fully saturated rings. The summed E-state index contributed by atoms with van der Waals surface area (Å²) in [6.45, 7) is 0.956. The molecule has 138 valence electrons. The number of hydrogen-bond acceptors (Lipinski definition) is 5. The summed E-state index contributed by atoms with van der Waals surface area (Å²) >= 11 is 3.27. The fourth-order valence-corrected chi connectivity index (χ4v) is 4.18. The van der Waals surface area contributed by atoms with Crippen molar-refractivity contribution in [2.24, 2.45) is 5.73 Å². The number of hydrogen-bond donors (Lipinski definition) is 2. The van der Waals surface area contributed by atoms with Gasteiger partial charge in [0.15, 0.2) is 0 Å². The molecule has 10 heteroatoms. The van der Waals surface area contributed by atoms with Crippen molar-refractivity contribution in [3.8, 4) is 0 Å². The van der Waals surface area contributed by atoms with Crippen molar-refractivity contribution in [3.63, 3.8) is 0 Å². The fraction of sp³-hybridized carbons (Fsp3) is 0.467. The maximum Gasteiger partial charge on any atom is 0.320 e. The number of amides is 1. The predicted molar refractivity (Wildman–Crippen MR) is 94.3 cm³/mol. The maximum atomic E-state index is 12.6. The van der Waals surface area contributed by atoms with Gasteiger partial charge >= 0.3 is 5.97 Å². The third-order valence-corrected chi connectivity index (χ3v) is 6.47. The fourth-order valence-electron chi connectivity index (χ4n) is 2.49. The van der Waals surface area contributed by atoms with Crippen LogP contribution in [0.3, 0.4) is 0 Å². The first-order chi connectivity index (χ1) is 11.7. The Bertz CT molecular complexity index is 730. The van der Waals surface area contributed by atoms with Gasteiger partial charge < -0.3 is 15.7 Å². The van der Waals surface area contributed by atoms with Gasteiger partial charge in [-0.1, -0.05) is 15.9 Å². The number of aliphatic carboxylic acids is 1. The maximum absolute atomic E-state index is 12.6. The van der Waals surface area contributed by atoms with E-state index in [1.807, 2.05) is 0 Å². The highest BCUT2D eigenvalue weighted by Gasteiger charge is 2.30. The van der Waals surface area contributed by atoms with Crippen LogP contribution in [0, 0.1) is 0 Å². The van der Waals surface area contributed by atoms with Gasteiger partial charge in [-0.3, -0.25) is 9.59 Å². The molecule has 1 aromatic rings. The van der Waals surface area contributed by atoms with E-state index in [4.69, 9.17) is 10.8 Å². The van der Waals surface area contributed by atoms with Crippen LogP contribution in [0.25, 0.3) is 0 Å². The number of carbonyl (C=O) groups is 2. The standard InChI is InChI=1S/C15H20BrN3O5S/c16-11-1-3-12(4-2-11)25(23,24)19-9-7-18(8-10-19)14(20)6-5-13(17)15(21)22/h1-4,13H,5-10,17H2,(H,21,22)/t13-/m0/s1. The van der Waals surface area contributed by atoms with Crippen LogP contribution in [-0.2, 0) is 19.6 Å². The van der Waals surface area contributed by atoms with E-state index in [0.717, 1.165) is 4.47 Å². The Morgan fingerprint density at radius 2 is 1.72 bits per heavy atom. The second-order valence-electron chi connectivity index (χ2n) is 5.72. The number of halogens is 1. The summed E-state index contributed by atoms with van der Waals surface area (Å²) in [5, 5.41) is 8.73. The summed E-state index contributed by atoms with van der Waals surface area (Å²) in [5.41, 5.74) is 5.39. The van der Waals surface area contributed by atoms with Crippen molar-refractivity contribution in [2.45, 2.75) is 23.8 Å². The van der Waals surface area contributed by atoms with Crippen LogP contribution in [-0.4, -0.2) is 66.8 Å². The Labute approximate surface area is 154 Å². The molecule has 3 N–H and O–H groups in total. The number of nitrogens with two attached hydrogens (primary N) is 1. The highest BCUT2D eigenvalue weighted by atomic mass is 79.9. The third-order valence-electron chi connectivity index (χ3n) is 4.03. The van der Waals surface area contributed by atoms with Crippen LogP contribution in [0.2, 0.25) is 0 Å². The van der Waals surface area contributed by atoms with Gasteiger partial charge in [-0.15, -0.1) is 0 Å². The van der Waals surface area contributed by atoms with E-state index in [1.54, 1.807) is 17.0 Å². The minimum atomic E-state index is -3.59. The molecule has 1 atom stereocenters. The molecule has 1 amide bonds. The molecule has 0 bridgehead atoms. The van der Waals surface area contributed by atoms with E-state index in [1.165, 1.54) is 16.4 Å². The first kappa shape index (κ1) is 19.8. The van der Waals surface area contributed by atoms with Gasteiger partial charge in [-0.05, 0) is 30.7 Å². The highest BCUT2D eigenvalue weighted by molar-refractivity contribution is 9.10. The Morgan fingerprint density at radius 1 is 1.16 bits per heavy atom. The Hall–Kier alpha value is -1.49. The normalized spacial score (nSPS) is 17.3. The molecule has 0 spiro atoms. The van der Waals surface area contributed by atoms with E-state index >= 15 is 0 Å². The van der Waals surface area contributed by atoms with Crippen LogP contribution in [0.4, 0.5) is 0 Å². The number of benzene rings is 1. The van der Waals surface area contributed by atoms with Crippen LogP contribution in [0.15, 0.2) is 33.6 Å². The Kier molecular flexibility index (Phi) is 6.55. The predicted octanol–water partition coefficient (Wildman–Crippen LogP) is 0.474. The lowest BCUT2D eigenvalue weighted by molar-refractivity contribution is -0.139. The molecule has 0 unspecified atom stereocenters. The lowest BCUT2D eigenvalue weighted by Crippen LogP contribution is -2.50. The zero-order chi connectivity index (χ0) is 18.6. The van der Waals surface area contributed by atoms with Crippen LogP contribution >= 0.6 is 15.9 Å². The van der Waals surface area contributed by atoms with Gasteiger partial charge in [0.05, 0.1) is 4.90 Å². The van der Waals surface area contributed by atoms with Gasteiger partial charge in [0.1, 0.15) is 6.04 Å². The molecule has 1 heterocycles. The second-order valence-corrected chi connectivity index (χ2v) is 8.58. The number of carboxylic acids is 1. The Balaban J connectivity index is 1.91. The summed E-state index contributed by atoms with van der Waals surface area (Å²) in [6.07, 6.45) is 0.0957. The number of sulfonamides is 1. The molecule has 0 aromatic heterocycles. The van der Waals surface area contributed by atoms with Crippen molar-refractivity contribution in [3.05, 3.63) is 28.7 Å². The summed E-state index contributed by atoms with van der Waals surface area (Å²) < 4.78 is 27.3. The quantitative estimate of drug-likeness (QED) is 0.672. The number of rotatable bonds is 6. The number of carboxylic acid groups (broad SMARTS) is 1. The van der Waals surface area contributed by atoms with E-state index in [9.17, 15) is 18.0 Å². The van der Waals surface area contributed by atoms with Crippen LogP contribution in [0.1, 0.15) is 12.8 Å². The molecule has 0 saturated carbocycles. The molecular formula is C15H20BrN3O5S. The minimum Gasteiger partial charge on any atom is -0.480 e. The zero-order valence-electron chi connectivity index (χ0n) is 13.5. The van der Waals surface area contributed by atoms with Gasteiger partial charge in [0, 0.05) is 37.1 Å². The van der Waals surface area contributed by atoms with Crippen LogP contribution in [0.5, 0.6) is 0 Å². The van der Waals surface area contributed by atoms with E-state index in [-0.39, 0.29) is 49.8 Å². The summed E-state index contributed by atoms with van der Waals surface area (Å²) in [4.78, 5) is 24.5. The lowest BCUT2D eigenvalue weighted by atomic mass is 10.1. The van der Waals surface area contributed by atoms with Crippen molar-refractivity contribution in [1.82, 2.24) is 9.21 Å². The number of piperazine rings is 1. The molecular weight excluding hydrogens is 414 g/mol. The first-order valence-corrected chi connectivity index (χ1v) is 9.97. The molecule has 1 aliphatic heterocycles. The second kappa shape index (κ2) is 8.26. The molecule has 2 rings (SSSR count). The summed E-state index contributed by atoms with van der Waals surface area (Å²) in [6, 6.07) is 5.33. The molecule has 1 aromatic carbocycles. The average Bonchev–Trinajstić information content (AvgIpc) is 2.59. The first-order valence-electron chi connectivity index (χ1n) is 7.73. The van der Waals surface area contributed by atoms with Gasteiger partial charge in [-0.25, -0.2) is 8.42 Å². The van der Waals surface area contributed by atoms with Gasteiger partial charge in [-0.2, -0.15) is 4.31 Å². The van der Waals surface area contributed by atoms with Crippen molar-refractivity contribution >= 4 is 37.8 Å². The SMILES string of the molecule is N[C@@H](CCC(=O)N1CCN(S(=O)(=O)c2ccc(Br)cc2)CC1)C(=O)O. The monoisotopic (exact) mass is 433 g/mol. The van der Waals surface area contributed by atoms with E-state index < -0.39 is 22.0 Å². The Morgan fingerprint density at radius 3 is 2.24 bits per heavy atom. The van der Waals surface area contributed by atoms with Gasteiger partial charge in [0.2, 0.25) is 15.9 Å². The highest BCUT2D eigenvalue weighted by Crippen LogP contribution is 2.20. The minimum absolute atomic E-state index is 0.0347. The zero-order valence-corrected chi connectivity index (χ0v) is 15.9. The third kappa shape index (κ3) is 5.00. The van der Waals surface area contributed by atoms with Crippen molar-refractivity contribution in [1.29, 1.82) is 0 Å². The topological polar surface area (TPSA) is 121 Å². The molecule has 0 radical (unpaired) electrons. The molecule has 0 aliphatic carbocycles. The van der Waals surface area contributed by atoms with E-state index in [2.05, 4.69) is 15.9 Å². The lowest BCUT2D eigenvalue weighted by Gasteiger charge is -2.34. The molecule has 1 saturated heterocycles. The molecule has 8 nitrogen and oxygen atoms in total. The summed E-state index contributed by atoms with van der Waals surface area (Å²) in [7, 11) is -3.59. The number of nitrogens with zero attached hydrogens (tertiary/aromatic N) is 2. The smallest absolute Gasteiger partial charge is 0.320 e. The largest absolute Gasteiger partial charge is 0.480 e. The molecule has 1 aliphatic rings. The van der Waals surface area contributed by atoms with Crippen LogP contribution < -0.4 is 5.73 Å². The van der Waals surface area contributed by atoms with E-state index in [0.29, 0.717) is 0 Å². The van der Waals surface area contributed by atoms with Gasteiger partial charge in [0.25, 0.3) is 0 Å². The van der Waals surface area contributed by atoms with Crippen molar-refractivity contribution < 1.29 is 23.1 Å². The molecule has 25 heavy (non-hydrogen) atoms. The van der Waals surface area contributed by atoms with Crippen molar-refractivity contribution in [2.75, 3.05) is 26.2 Å².